The molecule has 4 rings (SSSR count). The van der Waals surface area contributed by atoms with Gasteiger partial charge in [-0.1, -0.05) is 30.3 Å². The summed E-state index contributed by atoms with van der Waals surface area (Å²) in [6.45, 7) is 2.08. The van der Waals surface area contributed by atoms with Crippen LogP contribution < -0.4 is 5.32 Å². The van der Waals surface area contributed by atoms with Crippen molar-refractivity contribution in [2.45, 2.75) is 12.8 Å². The highest BCUT2D eigenvalue weighted by molar-refractivity contribution is 5.98. The maximum atomic E-state index is 12.5. The van der Waals surface area contributed by atoms with E-state index in [1.165, 1.54) is 0 Å². The van der Waals surface area contributed by atoms with Crippen LogP contribution in [0.5, 0.6) is 0 Å². The second-order valence-electron chi connectivity index (χ2n) is 7.24. The topological polar surface area (TPSA) is 62.3 Å². The number of hydrogen-bond acceptors (Lipinski definition) is 3. The predicted octanol–water partition coefficient (Wildman–Crippen LogP) is 3.52. The lowest BCUT2D eigenvalue weighted by Gasteiger charge is -2.32. The van der Waals surface area contributed by atoms with Crippen molar-refractivity contribution < 1.29 is 9.59 Å². The SMILES string of the molecule is O=C(NCC1CCN(C(=O)c2ccncc2)CC1)c1ccc2ccccc2c1. The van der Waals surface area contributed by atoms with E-state index in [9.17, 15) is 9.59 Å². The number of fused-ring (bicyclic) bond motifs is 1. The molecule has 2 aromatic carbocycles. The molecule has 1 N–H and O–H groups in total. The van der Waals surface area contributed by atoms with Gasteiger partial charge in [-0.25, -0.2) is 0 Å². The fraction of sp³-hybridized carbons (Fsp3) is 0.261. The van der Waals surface area contributed by atoms with Gasteiger partial charge >= 0.3 is 0 Å². The van der Waals surface area contributed by atoms with E-state index in [1.54, 1.807) is 24.5 Å². The lowest BCUT2D eigenvalue weighted by molar-refractivity contribution is 0.0684. The van der Waals surface area contributed by atoms with Crippen molar-refractivity contribution in [2.24, 2.45) is 5.92 Å². The molecule has 5 nitrogen and oxygen atoms in total. The molecule has 1 saturated heterocycles. The molecule has 1 aliphatic heterocycles. The number of benzene rings is 2. The van der Waals surface area contributed by atoms with Gasteiger partial charge in [0.2, 0.25) is 0 Å². The van der Waals surface area contributed by atoms with Crippen molar-refractivity contribution in [3.8, 4) is 0 Å². The van der Waals surface area contributed by atoms with E-state index in [2.05, 4.69) is 10.3 Å². The molecule has 2 heterocycles. The fourth-order valence-electron chi connectivity index (χ4n) is 3.69. The molecule has 0 aliphatic carbocycles. The summed E-state index contributed by atoms with van der Waals surface area (Å²) in [5, 5.41) is 5.26. The van der Waals surface area contributed by atoms with Gasteiger partial charge in [-0.15, -0.1) is 0 Å². The Morgan fingerprint density at radius 1 is 0.929 bits per heavy atom. The first-order valence-corrected chi connectivity index (χ1v) is 9.67. The molecule has 1 fully saturated rings. The minimum absolute atomic E-state index is 0.0407. The van der Waals surface area contributed by atoms with Gasteiger partial charge in [0.25, 0.3) is 11.8 Å². The number of carbonyl (C=O) groups is 2. The van der Waals surface area contributed by atoms with Crippen LogP contribution >= 0.6 is 0 Å². The summed E-state index contributed by atoms with van der Waals surface area (Å²) in [7, 11) is 0. The largest absolute Gasteiger partial charge is 0.352 e. The Morgan fingerprint density at radius 2 is 1.64 bits per heavy atom. The number of rotatable bonds is 4. The molecule has 5 heteroatoms. The molecule has 1 aliphatic rings. The number of pyridine rings is 1. The zero-order chi connectivity index (χ0) is 19.3. The highest BCUT2D eigenvalue weighted by atomic mass is 16.2. The quantitative estimate of drug-likeness (QED) is 0.761. The zero-order valence-corrected chi connectivity index (χ0v) is 15.7. The summed E-state index contributed by atoms with van der Waals surface area (Å²) in [5.41, 5.74) is 1.36. The Kier molecular flexibility index (Phi) is 5.33. The minimum atomic E-state index is -0.0407. The summed E-state index contributed by atoms with van der Waals surface area (Å²) >= 11 is 0. The first-order valence-electron chi connectivity index (χ1n) is 9.67. The molecule has 142 valence electrons. The average molecular weight is 373 g/mol. The van der Waals surface area contributed by atoms with Crippen LogP contribution in [-0.4, -0.2) is 41.3 Å². The third kappa shape index (κ3) is 4.03. The van der Waals surface area contributed by atoms with E-state index in [-0.39, 0.29) is 11.8 Å². The standard InChI is InChI=1S/C23H23N3O2/c27-22(21-6-5-18-3-1-2-4-20(18)15-21)25-16-17-9-13-26(14-10-17)23(28)19-7-11-24-12-8-19/h1-8,11-12,15,17H,9-10,13-14,16H2,(H,25,27). The lowest BCUT2D eigenvalue weighted by atomic mass is 9.96. The Morgan fingerprint density at radius 3 is 2.39 bits per heavy atom. The van der Waals surface area contributed by atoms with Crippen LogP contribution in [0.4, 0.5) is 0 Å². The second-order valence-corrected chi connectivity index (χ2v) is 7.24. The first kappa shape index (κ1) is 18.2. The molecule has 0 radical (unpaired) electrons. The van der Waals surface area contributed by atoms with Gasteiger partial charge in [0.05, 0.1) is 0 Å². The summed E-state index contributed by atoms with van der Waals surface area (Å²) < 4.78 is 0. The molecule has 0 bridgehead atoms. The number of nitrogens with one attached hydrogen (secondary N) is 1. The third-order valence-corrected chi connectivity index (χ3v) is 5.39. The smallest absolute Gasteiger partial charge is 0.253 e. The van der Waals surface area contributed by atoms with E-state index >= 15 is 0 Å². The van der Waals surface area contributed by atoms with Gasteiger partial charge in [-0.05, 0) is 53.8 Å². The molecular weight excluding hydrogens is 350 g/mol. The third-order valence-electron chi connectivity index (χ3n) is 5.39. The van der Waals surface area contributed by atoms with Crippen molar-refractivity contribution in [3.05, 3.63) is 78.1 Å². The van der Waals surface area contributed by atoms with Gasteiger partial charge in [0.15, 0.2) is 0 Å². The predicted molar refractivity (Wildman–Crippen MR) is 109 cm³/mol. The van der Waals surface area contributed by atoms with Crippen LogP contribution in [-0.2, 0) is 0 Å². The molecule has 3 aromatic rings. The van der Waals surface area contributed by atoms with Crippen LogP contribution in [0, 0.1) is 5.92 Å². The van der Waals surface area contributed by atoms with Gasteiger partial charge < -0.3 is 10.2 Å². The van der Waals surface area contributed by atoms with Crippen LogP contribution in [0.3, 0.4) is 0 Å². The first-order chi connectivity index (χ1) is 13.7. The van der Waals surface area contributed by atoms with Crippen LogP contribution in [0.15, 0.2) is 67.0 Å². The monoisotopic (exact) mass is 373 g/mol. The van der Waals surface area contributed by atoms with Crippen LogP contribution in [0.2, 0.25) is 0 Å². The second kappa shape index (κ2) is 8.21. The number of carbonyl (C=O) groups excluding carboxylic acids is 2. The van der Waals surface area contributed by atoms with Gasteiger partial charge in [-0.2, -0.15) is 0 Å². The molecule has 0 unspecified atom stereocenters. The van der Waals surface area contributed by atoms with E-state index in [4.69, 9.17) is 0 Å². The Balaban J connectivity index is 1.29. The highest BCUT2D eigenvalue weighted by Gasteiger charge is 2.24. The Labute approximate surface area is 164 Å². The van der Waals surface area contributed by atoms with Crippen molar-refractivity contribution in [1.82, 2.24) is 15.2 Å². The Bertz CT molecular complexity index is 979. The number of aromatic nitrogens is 1. The maximum absolute atomic E-state index is 12.5. The van der Waals surface area contributed by atoms with Gasteiger partial charge in [-0.3, -0.25) is 14.6 Å². The summed E-state index contributed by atoms with van der Waals surface area (Å²) in [6.07, 6.45) is 5.08. The van der Waals surface area contributed by atoms with Gasteiger partial charge in [0.1, 0.15) is 0 Å². The molecule has 28 heavy (non-hydrogen) atoms. The Hall–Kier alpha value is -3.21. The molecule has 0 saturated carbocycles. The summed E-state index contributed by atoms with van der Waals surface area (Å²) in [5.74, 6) is 0.410. The molecule has 0 spiro atoms. The number of hydrogen-bond donors (Lipinski definition) is 1. The number of piperidine rings is 1. The fourth-order valence-corrected chi connectivity index (χ4v) is 3.69. The molecule has 2 amide bonds. The number of nitrogens with zero attached hydrogens (tertiary/aromatic N) is 2. The molecule has 0 atom stereocenters. The van der Waals surface area contributed by atoms with Crippen molar-refractivity contribution in [2.75, 3.05) is 19.6 Å². The maximum Gasteiger partial charge on any atom is 0.253 e. The lowest BCUT2D eigenvalue weighted by Crippen LogP contribution is -2.41. The van der Waals surface area contributed by atoms with Crippen molar-refractivity contribution >= 4 is 22.6 Å². The number of amides is 2. The number of likely N-dealkylation sites (tertiary alicyclic amines) is 1. The van der Waals surface area contributed by atoms with E-state index < -0.39 is 0 Å². The average Bonchev–Trinajstić information content (AvgIpc) is 2.77. The van der Waals surface area contributed by atoms with Crippen LogP contribution in [0.1, 0.15) is 33.6 Å². The molecular formula is C23H23N3O2. The van der Waals surface area contributed by atoms with Crippen LogP contribution in [0.25, 0.3) is 10.8 Å². The zero-order valence-electron chi connectivity index (χ0n) is 15.7. The van der Waals surface area contributed by atoms with Crippen molar-refractivity contribution in [3.63, 3.8) is 0 Å². The minimum Gasteiger partial charge on any atom is -0.352 e. The highest BCUT2D eigenvalue weighted by Crippen LogP contribution is 2.19. The van der Waals surface area contributed by atoms with Crippen molar-refractivity contribution in [1.29, 1.82) is 0 Å². The summed E-state index contributed by atoms with van der Waals surface area (Å²) in [4.78, 5) is 30.8. The normalized spacial score (nSPS) is 14.8. The molecule has 1 aromatic heterocycles. The van der Waals surface area contributed by atoms with E-state index in [1.807, 2.05) is 47.4 Å². The van der Waals surface area contributed by atoms with E-state index in [0.717, 1.165) is 36.7 Å². The summed E-state index contributed by atoms with van der Waals surface area (Å²) in [6, 6.07) is 17.3. The van der Waals surface area contributed by atoms with E-state index in [0.29, 0.717) is 23.6 Å². The van der Waals surface area contributed by atoms with Gasteiger partial charge in [0, 0.05) is 43.2 Å².